The Morgan fingerprint density at radius 3 is 2.74 bits per heavy atom. The molecule has 1 fully saturated rings. The summed E-state index contributed by atoms with van der Waals surface area (Å²) in [6.45, 7) is 0. The molecule has 8 nitrogen and oxygen atoms in total. The van der Waals surface area contributed by atoms with Crippen molar-refractivity contribution < 1.29 is 14.0 Å². The first kappa shape index (κ1) is 19.1. The molecular weight excluding hydrogens is 399 g/mol. The molecule has 0 bridgehead atoms. The Morgan fingerprint density at radius 1 is 1.16 bits per heavy atom. The van der Waals surface area contributed by atoms with E-state index >= 15 is 0 Å². The van der Waals surface area contributed by atoms with Crippen molar-refractivity contribution in [1.29, 1.82) is 0 Å². The van der Waals surface area contributed by atoms with Crippen LogP contribution in [0.5, 0.6) is 0 Å². The number of pyridine rings is 1. The van der Waals surface area contributed by atoms with Gasteiger partial charge < -0.3 is 5.32 Å². The number of hydrogen-bond acceptors (Lipinski definition) is 5. The van der Waals surface area contributed by atoms with E-state index < -0.39 is 5.82 Å². The van der Waals surface area contributed by atoms with Gasteiger partial charge in [-0.25, -0.2) is 19.5 Å². The largest absolute Gasteiger partial charge is 0.310 e. The second kappa shape index (κ2) is 7.75. The quantitative estimate of drug-likeness (QED) is 0.680. The molecule has 0 spiro atoms. The third kappa shape index (κ3) is 3.94. The van der Waals surface area contributed by atoms with E-state index in [9.17, 15) is 14.0 Å². The lowest BCUT2D eigenvalue weighted by molar-refractivity contribution is -0.121. The van der Waals surface area contributed by atoms with Crippen LogP contribution in [0.3, 0.4) is 0 Å². The van der Waals surface area contributed by atoms with E-state index in [-0.39, 0.29) is 17.7 Å². The number of nitrogens with one attached hydrogen (secondary N) is 2. The number of benzene rings is 1. The maximum atomic E-state index is 14.6. The number of carbonyl (C=O) groups excluding carboxylic acids is 2. The fourth-order valence-electron chi connectivity index (χ4n) is 3.44. The molecule has 2 aliphatic rings. The fraction of sp³-hybridized carbons (Fsp3) is 0.227. The normalized spacial score (nSPS) is 15.9. The summed E-state index contributed by atoms with van der Waals surface area (Å²) in [6, 6.07) is 9.93. The van der Waals surface area contributed by atoms with Crippen LogP contribution in [0.1, 0.15) is 25.7 Å². The van der Waals surface area contributed by atoms with Crippen molar-refractivity contribution in [3.8, 4) is 22.4 Å². The van der Waals surface area contributed by atoms with Gasteiger partial charge in [0.25, 0.3) is 0 Å². The number of rotatable bonds is 4. The molecule has 3 aromatic rings. The molecule has 2 aromatic heterocycles. The monoisotopic (exact) mass is 418 g/mol. The molecule has 1 saturated carbocycles. The first-order valence-electron chi connectivity index (χ1n) is 10.1. The molecule has 0 unspecified atom stereocenters. The van der Waals surface area contributed by atoms with E-state index in [1.54, 1.807) is 47.4 Å². The second-order valence-electron chi connectivity index (χ2n) is 7.57. The minimum absolute atomic E-state index is 0.0398. The molecule has 0 atom stereocenters. The van der Waals surface area contributed by atoms with E-state index in [0.717, 1.165) is 18.4 Å². The second-order valence-corrected chi connectivity index (χ2v) is 7.57. The standard InChI is InChI=1S/C22H19FN6O2/c23-17-4-2-1-3-15(17)21-16(12-29(28-21)19-7-8-20(30)27-26-19)14-9-10-24-18(11-14)25-22(31)13-5-6-13/h1-4,9-13H,5-8H2,(H,27,30)(H,24,25,31). The van der Waals surface area contributed by atoms with Gasteiger partial charge in [0.2, 0.25) is 11.8 Å². The Bertz CT molecular complexity index is 1210. The van der Waals surface area contributed by atoms with Gasteiger partial charge in [-0.15, -0.1) is 0 Å². The van der Waals surface area contributed by atoms with Crippen molar-refractivity contribution in [1.82, 2.24) is 20.2 Å². The van der Waals surface area contributed by atoms with Crippen LogP contribution in [-0.2, 0) is 9.59 Å². The highest BCUT2D eigenvalue weighted by Gasteiger charge is 2.30. The highest BCUT2D eigenvalue weighted by molar-refractivity contribution is 5.95. The van der Waals surface area contributed by atoms with Gasteiger partial charge in [-0.3, -0.25) is 9.59 Å². The van der Waals surface area contributed by atoms with Gasteiger partial charge in [0.15, 0.2) is 5.84 Å². The summed E-state index contributed by atoms with van der Waals surface area (Å²) in [6.07, 6.45) is 5.86. The molecule has 2 amide bonds. The molecule has 0 radical (unpaired) electrons. The first-order valence-corrected chi connectivity index (χ1v) is 10.1. The molecule has 2 N–H and O–H groups in total. The maximum absolute atomic E-state index is 14.6. The van der Waals surface area contributed by atoms with Crippen molar-refractivity contribution in [2.75, 3.05) is 5.32 Å². The first-order chi connectivity index (χ1) is 15.1. The Morgan fingerprint density at radius 2 is 2.00 bits per heavy atom. The lowest BCUT2D eigenvalue weighted by atomic mass is 10.0. The highest BCUT2D eigenvalue weighted by Crippen LogP contribution is 2.34. The van der Waals surface area contributed by atoms with Crippen LogP contribution in [0, 0.1) is 11.7 Å². The van der Waals surface area contributed by atoms with Crippen molar-refractivity contribution in [2.24, 2.45) is 11.0 Å². The summed E-state index contributed by atoms with van der Waals surface area (Å²) in [5.74, 6) is 0.451. The minimum atomic E-state index is -0.399. The van der Waals surface area contributed by atoms with Crippen LogP contribution in [-0.4, -0.2) is 32.4 Å². The molecule has 9 heteroatoms. The average Bonchev–Trinajstić information content (AvgIpc) is 3.54. The number of halogens is 1. The average molecular weight is 418 g/mol. The van der Waals surface area contributed by atoms with Crippen LogP contribution in [0.25, 0.3) is 22.4 Å². The van der Waals surface area contributed by atoms with Gasteiger partial charge in [-0.05, 0) is 42.7 Å². The summed E-state index contributed by atoms with van der Waals surface area (Å²) in [5, 5.41) is 11.5. The van der Waals surface area contributed by atoms with Crippen LogP contribution in [0.4, 0.5) is 10.2 Å². The highest BCUT2D eigenvalue weighted by atomic mass is 19.1. The molecular formula is C22H19FN6O2. The topological polar surface area (TPSA) is 101 Å². The summed E-state index contributed by atoms with van der Waals surface area (Å²) in [5.41, 5.74) is 4.62. The molecule has 1 aliphatic heterocycles. The van der Waals surface area contributed by atoms with Gasteiger partial charge in [0.1, 0.15) is 17.3 Å². The summed E-state index contributed by atoms with van der Waals surface area (Å²) in [7, 11) is 0. The molecule has 1 aliphatic carbocycles. The number of carbonyl (C=O) groups is 2. The predicted octanol–water partition coefficient (Wildman–Crippen LogP) is 3.17. The molecule has 156 valence electrons. The van der Waals surface area contributed by atoms with E-state index in [4.69, 9.17) is 0 Å². The lowest BCUT2D eigenvalue weighted by Gasteiger charge is -2.11. The number of hydrazone groups is 1. The van der Waals surface area contributed by atoms with Crippen LogP contribution < -0.4 is 10.7 Å². The molecule has 3 heterocycles. The van der Waals surface area contributed by atoms with Crippen LogP contribution in [0.15, 0.2) is 53.9 Å². The fourth-order valence-corrected chi connectivity index (χ4v) is 3.44. The van der Waals surface area contributed by atoms with E-state index in [2.05, 4.69) is 25.9 Å². The number of aromatic nitrogens is 3. The smallest absolute Gasteiger partial charge is 0.240 e. The number of nitrogens with zero attached hydrogens (tertiary/aromatic N) is 4. The maximum Gasteiger partial charge on any atom is 0.240 e. The van der Waals surface area contributed by atoms with Gasteiger partial charge in [0, 0.05) is 42.3 Å². The number of amides is 2. The van der Waals surface area contributed by atoms with Crippen LogP contribution in [0.2, 0.25) is 0 Å². The SMILES string of the molecule is O=C1CCC(n2cc(-c3ccnc(NC(=O)C4CC4)c3)c(-c3ccccc3F)n2)=NN1. The van der Waals surface area contributed by atoms with E-state index in [0.29, 0.717) is 41.3 Å². The predicted molar refractivity (Wildman–Crippen MR) is 112 cm³/mol. The van der Waals surface area contributed by atoms with Gasteiger partial charge in [-0.1, -0.05) is 12.1 Å². The summed E-state index contributed by atoms with van der Waals surface area (Å²) < 4.78 is 16.2. The number of anilines is 1. The van der Waals surface area contributed by atoms with Crippen LogP contribution >= 0.6 is 0 Å². The Labute approximate surface area is 177 Å². The Balaban J connectivity index is 1.57. The Hall–Kier alpha value is -3.88. The van der Waals surface area contributed by atoms with Crippen molar-refractivity contribution in [3.05, 3.63) is 54.6 Å². The van der Waals surface area contributed by atoms with Gasteiger partial charge >= 0.3 is 0 Å². The third-order valence-corrected chi connectivity index (χ3v) is 5.26. The van der Waals surface area contributed by atoms with Crippen molar-refractivity contribution >= 4 is 23.5 Å². The van der Waals surface area contributed by atoms with Gasteiger partial charge in [-0.2, -0.15) is 10.2 Å². The van der Waals surface area contributed by atoms with E-state index in [1.165, 1.54) is 6.07 Å². The zero-order valence-electron chi connectivity index (χ0n) is 16.5. The molecule has 31 heavy (non-hydrogen) atoms. The summed E-state index contributed by atoms with van der Waals surface area (Å²) >= 11 is 0. The van der Waals surface area contributed by atoms with Crippen molar-refractivity contribution in [2.45, 2.75) is 25.7 Å². The molecule has 1 aromatic carbocycles. The molecule has 0 saturated heterocycles. The molecule has 5 rings (SSSR count). The summed E-state index contributed by atoms with van der Waals surface area (Å²) in [4.78, 5) is 27.8. The third-order valence-electron chi connectivity index (χ3n) is 5.26. The number of hydrogen-bond donors (Lipinski definition) is 2. The van der Waals surface area contributed by atoms with Gasteiger partial charge in [0.05, 0.1) is 0 Å². The minimum Gasteiger partial charge on any atom is -0.310 e. The van der Waals surface area contributed by atoms with E-state index in [1.807, 2.05) is 0 Å². The van der Waals surface area contributed by atoms with Crippen molar-refractivity contribution in [3.63, 3.8) is 0 Å². The Kier molecular flexibility index (Phi) is 4.78. The zero-order chi connectivity index (χ0) is 21.4. The zero-order valence-corrected chi connectivity index (χ0v) is 16.5. The lowest BCUT2D eigenvalue weighted by Crippen LogP contribution is -2.29.